The molecule has 1 aromatic heterocycles. The fourth-order valence-electron chi connectivity index (χ4n) is 3.23. The van der Waals surface area contributed by atoms with Crippen molar-refractivity contribution in [1.82, 2.24) is 0 Å². The van der Waals surface area contributed by atoms with Gasteiger partial charge in [0.1, 0.15) is 4.92 Å². The van der Waals surface area contributed by atoms with E-state index in [0.29, 0.717) is 5.56 Å². The molecular weight excluding hydrogens is 420 g/mol. The summed E-state index contributed by atoms with van der Waals surface area (Å²) in [6.07, 6.45) is -1.28. The maximum absolute atomic E-state index is 12.8. The largest absolute Gasteiger partial charge is 0.447 e. The molecule has 10 nitrogen and oxygen atoms in total. The highest BCUT2D eigenvalue weighted by Gasteiger charge is 2.30. The number of hydrogen-bond donors (Lipinski definition) is 1. The fraction of sp³-hybridized carbons (Fsp3) is 0.0909. The van der Waals surface area contributed by atoms with Crippen LogP contribution in [0.25, 0.3) is 0 Å². The molecule has 0 unspecified atom stereocenters. The topological polar surface area (TPSA) is 146 Å². The third-order valence-corrected chi connectivity index (χ3v) is 4.82. The second-order valence-electron chi connectivity index (χ2n) is 6.90. The number of ketones is 2. The predicted octanol–water partition coefficient (Wildman–Crippen LogP) is 3.15. The molecule has 0 radical (unpaired) electrons. The molecule has 32 heavy (non-hydrogen) atoms. The molecular formula is C22H14N2O8. The molecule has 0 saturated heterocycles. The summed E-state index contributed by atoms with van der Waals surface area (Å²) in [5, 5.41) is 13.1. The van der Waals surface area contributed by atoms with Crippen molar-refractivity contribution in [1.29, 1.82) is 0 Å². The molecule has 1 atom stereocenters. The Morgan fingerprint density at radius 2 is 1.59 bits per heavy atom. The minimum Gasteiger partial charge on any atom is -0.447 e. The number of carbonyl (C=O) groups is 4. The number of hydrogen-bond acceptors (Lipinski definition) is 8. The highest BCUT2D eigenvalue weighted by Crippen LogP contribution is 2.29. The number of furan rings is 1. The van der Waals surface area contributed by atoms with Gasteiger partial charge in [0.25, 0.3) is 5.91 Å². The molecule has 3 aromatic rings. The number of anilines is 1. The van der Waals surface area contributed by atoms with Crippen molar-refractivity contribution in [3.05, 3.63) is 92.7 Å². The Balaban J connectivity index is 1.48. The summed E-state index contributed by atoms with van der Waals surface area (Å²) in [6, 6.07) is 12.8. The Bertz CT molecular complexity index is 1310. The first kappa shape index (κ1) is 20.7. The first-order valence-electron chi connectivity index (χ1n) is 9.35. The summed E-state index contributed by atoms with van der Waals surface area (Å²) in [7, 11) is 0. The standard InChI is InChI=1S/C22H14N2O8/c1-11(31-22(28)17-8-9-18(32-17)24(29)30)21(27)23-12-6-7-15-16(10-12)20(26)14-5-3-2-4-13(14)19(15)25/h2-11H,1H3,(H,23,27)/t11-/m1/s1. The number of rotatable bonds is 5. The van der Waals surface area contributed by atoms with E-state index < -0.39 is 34.5 Å². The third-order valence-electron chi connectivity index (χ3n) is 4.82. The van der Waals surface area contributed by atoms with Crippen molar-refractivity contribution in [3.63, 3.8) is 0 Å². The highest BCUT2D eigenvalue weighted by atomic mass is 16.7. The number of esters is 1. The molecule has 160 valence electrons. The van der Waals surface area contributed by atoms with Crippen LogP contribution in [0, 0.1) is 10.1 Å². The molecule has 2 aromatic carbocycles. The van der Waals surface area contributed by atoms with Gasteiger partial charge in [-0.15, -0.1) is 0 Å². The number of ether oxygens (including phenoxy) is 1. The molecule has 10 heteroatoms. The van der Waals surface area contributed by atoms with Crippen LogP contribution in [0.1, 0.15) is 49.3 Å². The van der Waals surface area contributed by atoms with E-state index in [4.69, 9.17) is 9.15 Å². The van der Waals surface area contributed by atoms with Crippen molar-refractivity contribution < 1.29 is 33.3 Å². The lowest BCUT2D eigenvalue weighted by molar-refractivity contribution is -0.402. The quantitative estimate of drug-likeness (QED) is 0.286. The average Bonchev–Trinajstić information content (AvgIpc) is 3.28. The van der Waals surface area contributed by atoms with Gasteiger partial charge >= 0.3 is 11.9 Å². The zero-order valence-electron chi connectivity index (χ0n) is 16.5. The lowest BCUT2D eigenvalue weighted by Crippen LogP contribution is -2.30. The van der Waals surface area contributed by atoms with E-state index in [0.717, 1.165) is 12.1 Å². The molecule has 1 amide bonds. The van der Waals surface area contributed by atoms with Gasteiger partial charge in [0.15, 0.2) is 17.7 Å². The van der Waals surface area contributed by atoms with E-state index >= 15 is 0 Å². The van der Waals surface area contributed by atoms with Gasteiger partial charge in [-0.3, -0.25) is 24.5 Å². The van der Waals surface area contributed by atoms with Gasteiger partial charge in [-0.05, 0) is 31.2 Å². The Morgan fingerprint density at radius 1 is 0.969 bits per heavy atom. The van der Waals surface area contributed by atoms with Crippen LogP contribution in [-0.2, 0) is 9.53 Å². The number of amides is 1. The number of nitrogens with one attached hydrogen (secondary N) is 1. The minimum absolute atomic E-state index is 0.152. The first-order chi connectivity index (χ1) is 15.3. The Morgan fingerprint density at radius 3 is 2.22 bits per heavy atom. The summed E-state index contributed by atoms with van der Waals surface area (Å²) < 4.78 is 9.72. The molecule has 0 fully saturated rings. The van der Waals surface area contributed by atoms with E-state index in [2.05, 4.69) is 5.32 Å². The normalized spacial score (nSPS) is 13.0. The van der Waals surface area contributed by atoms with Crippen molar-refractivity contribution in [2.45, 2.75) is 13.0 Å². The molecule has 0 saturated carbocycles. The van der Waals surface area contributed by atoms with E-state index in [-0.39, 0.29) is 33.9 Å². The molecule has 0 bridgehead atoms. The molecule has 0 aliphatic heterocycles. The summed E-state index contributed by atoms with van der Waals surface area (Å²) in [5.74, 6) is -3.46. The van der Waals surface area contributed by atoms with Crippen molar-refractivity contribution in [3.8, 4) is 0 Å². The van der Waals surface area contributed by atoms with Crippen LogP contribution in [0.4, 0.5) is 11.6 Å². The zero-order chi connectivity index (χ0) is 23.0. The maximum atomic E-state index is 12.8. The lowest BCUT2D eigenvalue weighted by atomic mass is 9.84. The van der Waals surface area contributed by atoms with Crippen LogP contribution in [0.3, 0.4) is 0 Å². The van der Waals surface area contributed by atoms with Gasteiger partial charge in [-0.25, -0.2) is 4.79 Å². The number of benzene rings is 2. The number of fused-ring (bicyclic) bond motifs is 2. The highest BCUT2D eigenvalue weighted by molar-refractivity contribution is 6.28. The SMILES string of the molecule is C[C@@H](OC(=O)c1ccc([N+](=O)[O-])o1)C(=O)Nc1ccc2c(c1)C(=O)c1ccccc1C2=O. The Hall–Kier alpha value is -4.60. The Labute approximate surface area is 179 Å². The average molecular weight is 434 g/mol. The molecule has 1 aliphatic carbocycles. The second-order valence-corrected chi connectivity index (χ2v) is 6.90. The maximum Gasteiger partial charge on any atom is 0.433 e. The van der Waals surface area contributed by atoms with Gasteiger partial charge in [-0.1, -0.05) is 24.3 Å². The van der Waals surface area contributed by atoms with E-state index in [1.807, 2.05) is 0 Å². The lowest BCUT2D eigenvalue weighted by Gasteiger charge is -2.18. The third kappa shape index (κ3) is 3.65. The minimum atomic E-state index is -1.28. The van der Waals surface area contributed by atoms with Crippen molar-refractivity contribution in [2.24, 2.45) is 0 Å². The summed E-state index contributed by atoms with van der Waals surface area (Å²) in [6.45, 7) is 1.30. The predicted molar refractivity (Wildman–Crippen MR) is 109 cm³/mol. The van der Waals surface area contributed by atoms with Crippen LogP contribution in [0.5, 0.6) is 0 Å². The molecule has 0 spiro atoms. The Kier molecular flexibility index (Phi) is 5.11. The monoisotopic (exact) mass is 434 g/mol. The van der Waals surface area contributed by atoms with Crippen molar-refractivity contribution in [2.75, 3.05) is 5.32 Å². The van der Waals surface area contributed by atoms with Crippen LogP contribution in [0.2, 0.25) is 0 Å². The summed E-state index contributed by atoms with van der Waals surface area (Å²) in [5.41, 5.74) is 1.21. The smallest absolute Gasteiger partial charge is 0.433 e. The van der Waals surface area contributed by atoms with Gasteiger partial charge in [0, 0.05) is 27.9 Å². The molecule has 1 N–H and O–H groups in total. The molecule has 4 rings (SSSR count). The van der Waals surface area contributed by atoms with Crippen LogP contribution >= 0.6 is 0 Å². The van der Waals surface area contributed by atoms with Gasteiger partial charge in [0.05, 0.1) is 6.07 Å². The summed E-state index contributed by atoms with van der Waals surface area (Å²) >= 11 is 0. The number of carbonyl (C=O) groups excluding carboxylic acids is 4. The van der Waals surface area contributed by atoms with Crippen LogP contribution < -0.4 is 5.32 Å². The van der Waals surface area contributed by atoms with E-state index in [1.165, 1.54) is 25.1 Å². The van der Waals surface area contributed by atoms with E-state index in [1.54, 1.807) is 24.3 Å². The molecule has 1 aliphatic rings. The molecule has 1 heterocycles. The number of nitrogens with zero attached hydrogens (tertiary/aromatic N) is 1. The van der Waals surface area contributed by atoms with Gasteiger partial charge in [0.2, 0.25) is 5.76 Å². The van der Waals surface area contributed by atoms with E-state index in [9.17, 15) is 29.3 Å². The second kappa shape index (κ2) is 7.91. The summed E-state index contributed by atoms with van der Waals surface area (Å²) in [4.78, 5) is 59.7. The van der Waals surface area contributed by atoms with Crippen LogP contribution in [-0.4, -0.2) is 34.5 Å². The van der Waals surface area contributed by atoms with Gasteiger partial charge < -0.3 is 14.5 Å². The van der Waals surface area contributed by atoms with Crippen LogP contribution in [0.15, 0.2) is 59.0 Å². The van der Waals surface area contributed by atoms with Crippen molar-refractivity contribution >= 4 is 35.0 Å². The first-order valence-corrected chi connectivity index (χ1v) is 9.35. The van der Waals surface area contributed by atoms with Gasteiger partial charge in [-0.2, -0.15) is 0 Å². The fourth-order valence-corrected chi connectivity index (χ4v) is 3.23. The number of nitro groups is 1. The zero-order valence-corrected chi connectivity index (χ0v) is 16.5.